The Morgan fingerprint density at radius 2 is 1.48 bits per heavy atom. The van der Waals surface area contributed by atoms with Gasteiger partial charge >= 0.3 is 0 Å². The normalized spacial score (nSPS) is 10.3. The highest BCUT2D eigenvalue weighted by molar-refractivity contribution is 6.07. The van der Waals surface area contributed by atoms with Gasteiger partial charge in [0, 0.05) is 5.56 Å². The van der Waals surface area contributed by atoms with Crippen LogP contribution in [-0.2, 0) is 4.79 Å². The van der Waals surface area contributed by atoms with E-state index in [1.54, 1.807) is 12.1 Å². The highest BCUT2D eigenvalue weighted by Crippen LogP contribution is 2.23. The molecule has 3 nitrogen and oxygen atoms in total. The fraction of sp³-hybridized carbons (Fsp3) is 0.300. The third-order valence-electron chi connectivity index (χ3n) is 3.57. The van der Waals surface area contributed by atoms with E-state index in [1.165, 1.54) is 6.92 Å². The van der Waals surface area contributed by atoms with Crippen molar-refractivity contribution in [3.8, 4) is 16.9 Å². The highest BCUT2D eigenvalue weighted by Gasteiger charge is 2.08. The molecule has 0 aliphatic rings. The SMILES string of the molecule is CCCCOc1ccc(-c2ccc(C(=O)CC(C)=O)cc2)cc1. The summed E-state index contributed by atoms with van der Waals surface area (Å²) in [7, 11) is 0. The van der Waals surface area contributed by atoms with Gasteiger partial charge in [-0.3, -0.25) is 9.59 Å². The molecule has 0 amide bonds. The van der Waals surface area contributed by atoms with Gasteiger partial charge in [0.25, 0.3) is 0 Å². The Kier molecular flexibility index (Phi) is 6.10. The first-order valence-corrected chi connectivity index (χ1v) is 7.96. The number of Topliss-reactive ketones (excluding diaryl/α,β-unsaturated/α-hetero) is 2. The maximum atomic E-state index is 11.8. The molecule has 0 N–H and O–H groups in total. The Labute approximate surface area is 137 Å². The second-order valence-electron chi connectivity index (χ2n) is 5.61. The minimum Gasteiger partial charge on any atom is -0.494 e. The van der Waals surface area contributed by atoms with E-state index in [4.69, 9.17) is 4.74 Å². The summed E-state index contributed by atoms with van der Waals surface area (Å²) in [6.45, 7) is 4.30. The fourth-order valence-corrected chi connectivity index (χ4v) is 2.25. The second kappa shape index (κ2) is 8.28. The Morgan fingerprint density at radius 3 is 2.00 bits per heavy atom. The topological polar surface area (TPSA) is 43.4 Å². The molecule has 0 fully saturated rings. The number of ether oxygens (including phenoxy) is 1. The molecule has 0 bridgehead atoms. The van der Waals surface area contributed by atoms with Crippen LogP contribution in [0.1, 0.15) is 43.5 Å². The molecule has 0 aliphatic carbocycles. The Balaban J connectivity index is 2.04. The molecule has 2 aromatic carbocycles. The van der Waals surface area contributed by atoms with Gasteiger partial charge in [0.1, 0.15) is 11.5 Å². The smallest absolute Gasteiger partial charge is 0.170 e. The minimum absolute atomic E-state index is 0.0385. The Hall–Kier alpha value is -2.42. The van der Waals surface area contributed by atoms with Gasteiger partial charge in [0.15, 0.2) is 5.78 Å². The number of rotatable bonds is 8. The molecule has 2 aromatic rings. The van der Waals surface area contributed by atoms with E-state index in [0.29, 0.717) is 5.56 Å². The van der Waals surface area contributed by atoms with Crippen molar-refractivity contribution < 1.29 is 14.3 Å². The molecule has 2 rings (SSSR count). The van der Waals surface area contributed by atoms with Crippen LogP contribution in [0, 0.1) is 0 Å². The molecule has 0 saturated heterocycles. The lowest BCUT2D eigenvalue weighted by Gasteiger charge is -2.07. The van der Waals surface area contributed by atoms with Crippen molar-refractivity contribution in [1.29, 1.82) is 0 Å². The standard InChI is InChI=1S/C20H22O3/c1-3-4-13-23-19-11-9-17(10-12-19)16-5-7-18(8-6-16)20(22)14-15(2)21/h5-12H,3-4,13-14H2,1-2H3. The van der Waals surface area contributed by atoms with Crippen LogP contribution >= 0.6 is 0 Å². The van der Waals surface area contributed by atoms with Gasteiger partial charge in [-0.1, -0.05) is 49.7 Å². The summed E-state index contributed by atoms with van der Waals surface area (Å²) in [5.41, 5.74) is 2.67. The quantitative estimate of drug-likeness (QED) is 0.403. The molecule has 0 atom stereocenters. The van der Waals surface area contributed by atoms with Crippen molar-refractivity contribution in [2.45, 2.75) is 33.1 Å². The van der Waals surface area contributed by atoms with E-state index in [1.807, 2.05) is 36.4 Å². The van der Waals surface area contributed by atoms with Gasteiger partial charge in [0.05, 0.1) is 13.0 Å². The molecule has 0 saturated carbocycles. The maximum Gasteiger partial charge on any atom is 0.170 e. The Morgan fingerprint density at radius 1 is 0.913 bits per heavy atom. The number of unbranched alkanes of at least 4 members (excludes halogenated alkanes) is 1. The van der Waals surface area contributed by atoms with Crippen molar-refractivity contribution in [3.63, 3.8) is 0 Å². The number of hydrogen-bond donors (Lipinski definition) is 0. The van der Waals surface area contributed by atoms with E-state index in [0.717, 1.165) is 36.3 Å². The van der Waals surface area contributed by atoms with E-state index in [2.05, 4.69) is 6.92 Å². The molecule has 0 radical (unpaired) electrons. The second-order valence-corrected chi connectivity index (χ2v) is 5.61. The molecule has 0 heterocycles. The zero-order chi connectivity index (χ0) is 16.7. The maximum absolute atomic E-state index is 11.8. The fourth-order valence-electron chi connectivity index (χ4n) is 2.25. The summed E-state index contributed by atoms with van der Waals surface area (Å²) in [4.78, 5) is 22.8. The van der Waals surface area contributed by atoms with Crippen LogP contribution < -0.4 is 4.74 Å². The predicted molar refractivity (Wildman–Crippen MR) is 91.9 cm³/mol. The molecule has 0 aliphatic heterocycles. The van der Waals surface area contributed by atoms with Crippen molar-refractivity contribution >= 4 is 11.6 Å². The first kappa shape index (κ1) is 16.9. The highest BCUT2D eigenvalue weighted by atomic mass is 16.5. The zero-order valence-corrected chi connectivity index (χ0v) is 13.7. The van der Waals surface area contributed by atoms with Gasteiger partial charge in [-0.2, -0.15) is 0 Å². The van der Waals surface area contributed by atoms with Gasteiger partial charge in [-0.15, -0.1) is 0 Å². The Bertz CT molecular complexity index is 654. The first-order valence-electron chi connectivity index (χ1n) is 7.96. The van der Waals surface area contributed by atoms with Gasteiger partial charge < -0.3 is 4.74 Å². The number of carbonyl (C=O) groups excluding carboxylic acids is 2. The van der Waals surface area contributed by atoms with Crippen molar-refractivity contribution in [1.82, 2.24) is 0 Å². The lowest BCUT2D eigenvalue weighted by molar-refractivity contribution is -0.116. The van der Waals surface area contributed by atoms with Crippen molar-refractivity contribution in [3.05, 3.63) is 54.1 Å². The number of ketones is 2. The van der Waals surface area contributed by atoms with Crippen molar-refractivity contribution in [2.75, 3.05) is 6.61 Å². The average molecular weight is 310 g/mol. The van der Waals surface area contributed by atoms with E-state index in [9.17, 15) is 9.59 Å². The third-order valence-corrected chi connectivity index (χ3v) is 3.57. The van der Waals surface area contributed by atoms with Gasteiger partial charge in [-0.25, -0.2) is 0 Å². The van der Waals surface area contributed by atoms with E-state index in [-0.39, 0.29) is 18.0 Å². The van der Waals surface area contributed by atoms with E-state index < -0.39 is 0 Å². The minimum atomic E-state index is -0.135. The van der Waals surface area contributed by atoms with Gasteiger partial charge in [-0.05, 0) is 36.6 Å². The van der Waals surface area contributed by atoms with Gasteiger partial charge in [0.2, 0.25) is 0 Å². The molecular formula is C20H22O3. The van der Waals surface area contributed by atoms with Crippen LogP contribution in [0.4, 0.5) is 0 Å². The monoisotopic (exact) mass is 310 g/mol. The molecule has 23 heavy (non-hydrogen) atoms. The van der Waals surface area contributed by atoms with E-state index >= 15 is 0 Å². The predicted octanol–water partition coefficient (Wildman–Crippen LogP) is 4.69. The number of benzene rings is 2. The van der Waals surface area contributed by atoms with Crippen LogP contribution in [0.2, 0.25) is 0 Å². The lowest BCUT2D eigenvalue weighted by atomic mass is 10.0. The summed E-state index contributed by atoms with van der Waals surface area (Å²) in [6, 6.07) is 15.3. The van der Waals surface area contributed by atoms with Crippen LogP contribution in [0.5, 0.6) is 5.75 Å². The molecule has 3 heteroatoms. The average Bonchev–Trinajstić information content (AvgIpc) is 2.55. The summed E-state index contributed by atoms with van der Waals surface area (Å²) in [5.74, 6) is 0.622. The summed E-state index contributed by atoms with van der Waals surface area (Å²) in [5, 5.41) is 0. The third kappa shape index (κ3) is 5.06. The number of carbonyl (C=O) groups is 2. The summed E-state index contributed by atoms with van der Waals surface area (Å²) < 4.78 is 5.65. The number of hydrogen-bond acceptors (Lipinski definition) is 3. The largest absolute Gasteiger partial charge is 0.494 e. The zero-order valence-electron chi connectivity index (χ0n) is 13.7. The van der Waals surface area contributed by atoms with Crippen molar-refractivity contribution in [2.24, 2.45) is 0 Å². The van der Waals surface area contributed by atoms with Crippen LogP contribution in [0.15, 0.2) is 48.5 Å². The lowest BCUT2D eigenvalue weighted by Crippen LogP contribution is -2.04. The van der Waals surface area contributed by atoms with Crippen LogP contribution in [0.25, 0.3) is 11.1 Å². The first-order chi connectivity index (χ1) is 11.1. The van der Waals surface area contributed by atoms with Crippen LogP contribution in [0.3, 0.4) is 0 Å². The molecule has 120 valence electrons. The summed E-state index contributed by atoms with van der Waals surface area (Å²) >= 11 is 0. The molecule has 0 unspecified atom stereocenters. The summed E-state index contributed by atoms with van der Waals surface area (Å²) in [6.07, 6.45) is 2.13. The molecule has 0 spiro atoms. The van der Waals surface area contributed by atoms with Crippen LogP contribution in [-0.4, -0.2) is 18.2 Å². The molecule has 0 aromatic heterocycles. The molecular weight excluding hydrogens is 288 g/mol.